The monoisotopic (exact) mass is 227 g/mol. The summed E-state index contributed by atoms with van der Waals surface area (Å²) in [6, 6.07) is 8.35. The summed E-state index contributed by atoms with van der Waals surface area (Å²) in [5.74, 6) is 0.794. The summed E-state index contributed by atoms with van der Waals surface area (Å²) in [6.45, 7) is 4.61. The fourth-order valence-corrected chi connectivity index (χ4v) is 1.88. The highest BCUT2D eigenvalue weighted by Gasteiger charge is 2.07. The van der Waals surface area contributed by atoms with Crippen LogP contribution in [0, 0.1) is 13.8 Å². The number of aromatic nitrogens is 2. The van der Waals surface area contributed by atoms with E-state index in [0.717, 1.165) is 29.1 Å². The maximum absolute atomic E-state index is 5.62. The van der Waals surface area contributed by atoms with E-state index in [4.69, 9.17) is 5.73 Å². The Morgan fingerprint density at radius 1 is 1.24 bits per heavy atom. The van der Waals surface area contributed by atoms with Crippen LogP contribution < -0.4 is 5.73 Å². The zero-order valence-electron chi connectivity index (χ0n) is 10.3. The Morgan fingerprint density at radius 3 is 2.76 bits per heavy atom. The van der Waals surface area contributed by atoms with Gasteiger partial charge in [0, 0.05) is 11.8 Å². The second-order valence-corrected chi connectivity index (χ2v) is 4.20. The van der Waals surface area contributed by atoms with Gasteiger partial charge in [-0.15, -0.1) is 0 Å². The molecule has 3 nitrogen and oxygen atoms in total. The smallest absolute Gasteiger partial charge is 0.125 e. The number of nitrogens with zero attached hydrogens (tertiary/aromatic N) is 2. The van der Waals surface area contributed by atoms with Crippen molar-refractivity contribution in [3.63, 3.8) is 0 Å². The van der Waals surface area contributed by atoms with Crippen molar-refractivity contribution in [3.05, 3.63) is 47.4 Å². The molecule has 0 unspecified atom stereocenters. The first kappa shape index (κ1) is 11.7. The molecule has 0 radical (unpaired) electrons. The first-order valence-corrected chi connectivity index (χ1v) is 5.80. The van der Waals surface area contributed by atoms with Crippen molar-refractivity contribution in [1.29, 1.82) is 0 Å². The molecule has 0 aliphatic rings. The van der Waals surface area contributed by atoms with E-state index >= 15 is 0 Å². The molecule has 1 aromatic heterocycles. The van der Waals surface area contributed by atoms with Gasteiger partial charge >= 0.3 is 0 Å². The van der Waals surface area contributed by atoms with Crippen LogP contribution in [-0.2, 0) is 6.42 Å². The van der Waals surface area contributed by atoms with Gasteiger partial charge in [0.1, 0.15) is 5.82 Å². The minimum Gasteiger partial charge on any atom is -0.330 e. The molecule has 1 aromatic carbocycles. The molecule has 0 fully saturated rings. The minimum atomic E-state index is 0.616. The van der Waals surface area contributed by atoms with Gasteiger partial charge in [-0.25, -0.2) is 9.97 Å². The highest BCUT2D eigenvalue weighted by molar-refractivity contribution is 5.63. The van der Waals surface area contributed by atoms with Gasteiger partial charge in [0.05, 0.1) is 5.69 Å². The molecule has 3 heteroatoms. The van der Waals surface area contributed by atoms with Crippen molar-refractivity contribution in [2.24, 2.45) is 5.73 Å². The van der Waals surface area contributed by atoms with Crippen molar-refractivity contribution < 1.29 is 0 Å². The first-order valence-electron chi connectivity index (χ1n) is 5.80. The topological polar surface area (TPSA) is 51.8 Å². The van der Waals surface area contributed by atoms with E-state index in [1.54, 1.807) is 0 Å². The van der Waals surface area contributed by atoms with Crippen LogP contribution in [0.25, 0.3) is 11.3 Å². The van der Waals surface area contributed by atoms with E-state index in [1.165, 1.54) is 5.56 Å². The lowest BCUT2D eigenvalue weighted by atomic mass is 10.0. The van der Waals surface area contributed by atoms with Gasteiger partial charge in [0.2, 0.25) is 0 Å². The van der Waals surface area contributed by atoms with Crippen LogP contribution in [0.5, 0.6) is 0 Å². The SMILES string of the molecule is Cc1cccc(-c2nc(C)ncc2CCN)c1. The third kappa shape index (κ3) is 2.68. The molecule has 2 rings (SSSR count). The van der Waals surface area contributed by atoms with Crippen molar-refractivity contribution >= 4 is 0 Å². The molecule has 0 saturated heterocycles. The molecule has 88 valence electrons. The largest absolute Gasteiger partial charge is 0.330 e. The number of nitrogens with two attached hydrogens (primary N) is 1. The Morgan fingerprint density at radius 2 is 2.06 bits per heavy atom. The van der Waals surface area contributed by atoms with Gasteiger partial charge in [0.15, 0.2) is 0 Å². The Hall–Kier alpha value is -1.74. The molecule has 2 aromatic rings. The van der Waals surface area contributed by atoms with Crippen molar-refractivity contribution in [3.8, 4) is 11.3 Å². The fraction of sp³-hybridized carbons (Fsp3) is 0.286. The maximum atomic E-state index is 5.62. The quantitative estimate of drug-likeness (QED) is 0.875. The average molecular weight is 227 g/mol. The molecule has 0 amide bonds. The molecule has 0 aliphatic carbocycles. The summed E-state index contributed by atoms with van der Waals surface area (Å²) in [7, 11) is 0. The second kappa shape index (κ2) is 5.06. The second-order valence-electron chi connectivity index (χ2n) is 4.20. The Balaban J connectivity index is 2.52. The summed E-state index contributed by atoms with van der Waals surface area (Å²) in [5.41, 5.74) is 10.1. The van der Waals surface area contributed by atoms with E-state index in [9.17, 15) is 0 Å². The fourth-order valence-electron chi connectivity index (χ4n) is 1.88. The number of benzene rings is 1. The highest BCUT2D eigenvalue weighted by atomic mass is 14.9. The zero-order chi connectivity index (χ0) is 12.3. The van der Waals surface area contributed by atoms with Crippen LogP contribution in [0.4, 0.5) is 0 Å². The van der Waals surface area contributed by atoms with Crippen molar-refractivity contribution in [2.75, 3.05) is 6.54 Å². The summed E-state index contributed by atoms with van der Waals surface area (Å²) >= 11 is 0. The molecular weight excluding hydrogens is 210 g/mol. The van der Waals surface area contributed by atoms with Crippen molar-refractivity contribution in [2.45, 2.75) is 20.3 Å². The molecule has 0 bridgehead atoms. The van der Waals surface area contributed by atoms with Gasteiger partial charge in [-0.1, -0.05) is 23.8 Å². The maximum Gasteiger partial charge on any atom is 0.125 e. The summed E-state index contributed by atoms with van der Waals surface area (Å²) in [4.78, 5) is 8.78. The van der Waals surface area contributed by atoms with Gasteiger partial charge in [-0.3, -0.25) is 0 Å². The number of aryl methyl sites for hydroxylation is 2. The molecular formula is C14H17N3. The molecule has 0 aliphatic heterocycles. The summed E-state index contributed by atoms with van der Waals surface area (Å²) in [5, 5.41) is 0. The molecule has 1 heterocycles. The van der Waals surface area contributed by atoms with Crippen LogP contribution in [0.15, 0.2) is 30.5 Å². The lowest BCUT2D eigenvalue weighted by molar-refractivity contribution is 0.929. The lowest BCUT2D eigenvalue weighted by Gasteiger charge is -2.09. The molecule has 2 N–H and O–H groups in total. The summed E-state index contributed by atoms with van der Waals surface area (Å²) < 4.78 is 0. The standard InChI is InChI=1S/C14H17N3/c1-10-4-3-5-12(8-10)14-13(6-7-15)9-16-11(2)17-14/h3-5,8-9H,6-7,15H2,1-2H3. The average Bonchev–Trinajstić information content (AvgIpc) is 2.32. The Bertz CT molecular complexity index is 521. The number of rotatable bonds is 3. The number of hydrogen-bond donors (Lipinski definition) is 1. The van der Waals surface area contributed by atoms with Gasteiger partial charge in [0.25, 0.3) is 0 Å². The van der Waals surface area contributed by atoms with Gasteiger partial charge in [-0.05, 0) is 38.4 Å². The van der Waals surface area contributed by atoms with Crippen molar-refractivity contribution in [1.82, 2.24) is 9.97 Å². The van der Waals surface area contributed by atoms with E-state index in [2.05, 4.69) is 35.1 Å². The Kier molecular flexibility index (Phi) is 3.49. The van der Waals surface area contributed by atoms with Crippen LogP contribution in [-0.4, -0.2) is 16.5 Å². The predicted octanol–water partition coefficient (Wildman–Crippen LogP) is 2.26. The molecule has 0 atom stereocenters. The highest BCUT2D eigenvalue weighted by Crippen LogP contribution is 2.22. The van der Waals surface area contributed by atoms with Crippen LogP contribution in [0.2, 0.25) is 0 Å². The zero-order valence-corrected chi connectivity index (χ0v) is 10.3. The molecule has 0 spiro atoms. The van der Waals surface area contributed by atoms with E-state index in [0.29, 0.717) is 6.54 Å². The summed E-state index contributed by atoms with van der Waals surface area (Å²) in [6.07, 6.45) is 2.69. The van der Waals surface area contributed by atoms with Gasteiger partial charge in [-0.2, -0.15) is 0 Å². The Labute approximate surface area is 102 Å². The molecule has 17 heavy (non-hydrogen) atoms. The predicted molar refractivity (Wildman–Crippen MR) is 69.7 cm³/mol. The third-order valence-electron chi connectivity index (χ3n) is 2.69. The third-order valence-corrected chi connectivity index (χ3v) is 2.69. The van der Waals surface area contributed by atoms with E-state index < -0.39 is 0 Å². The van der Waals surface area contributed by atoms with E-state index in [1.807, 2.05) is 19.2 Å². The van der Waals surface area contributed by atoms with Gasteiger partial charge < -0.3 is 5.73 Å². The van der Waals surface area contributed by atoms with E-state index in [-0.39, 0.29) is 0 Å². The van der Waals surface area contributed by atoms with Crippen LogP contribution in [0.3, 0.4) is 0 Å². The van der Waals surface area contributed by atoms with Crippen LogP contribution in [0.1, 0.15) is 17.0 Å². The van der Waals surface area contributed by atoms with Crippen LogP contribution >= 0.6 is 0 Å². The minimum absolute atomic E-state index is 0.616. The number of hydrogen-bond acceptors (Lipinski definition) is 3. The lowest BCUT2D eigenvalue weighted by Crippen LogP contribution is -2.06. The first-order chi connectivity index (χ1) is 8.20. The normalized spacial score (nSPS) is 10.5. The molecule has 0 saturated carbocycles.